The minimum absolute atomic E-state index is 0.00904. The summed E-state index contributed by atoms with van der Waals surface area (Å²) in [5.74, 6) is 0.864. The second kappa shape index (κ2) is 6.58. The lowest BCUT2D eigenvalue weighted by molar-refractivity contribution is -0.00179. The van der Waals surface area contributed by atoms with Gasteiger partial charge < -0.3 is 15.0 Å². The molecule has 28 heavy (non-hydrogen) atoms. The molecule has 2 aromatic rings. The summed E-state index contributed by atoms with van der Waals surface area (Å²) in [6, 6.07) is 10.5. The highest BCUT2D eigenvalue weighted by Crippen LogP contribution is 2.41. The smallest absolute Gasteiger partial charge is 0.317 e. The predicted octanol–water partition coefficient (Wildman–Crippen LogP) is 2.54. The molecule has 7 nitrogen and oxygen atoms in total. The van der Waals surface area contributed by atoms with Crippen LogP contribution >= 0.6 is 0 Å². The van der Waals surface area contributed by atoms with Crippen molar-refractivity contribution in [3.05, 3.63) is 54.1 Å². The number of ether oxygens (including phenoxy) is 1. The average Bonchev–Trinajstić information content (AvgIpc) is 3.48. The highest BCUT2D eigenvalue weighted by molar-refractivity contribution is 5.98. The van der Waals surface area contributed by atoms with Gasteiger partial charge in [0.05, 0.1) is 12.6 Å². The molecule has 3 aliphatic rings. The van der Waals surface area contributed by atoms with E-state index in [4.69, 9.17) is 4.74 Å². The zero-order chi connectivity index (χ0) is 19.1. The van der Waals surface area contributed by atoms with Crippen molar-refractivity contribution in [2.75, 3.05) is 13.1 Å². The van der Waals surface area contributed by atoms with Crippen molar-refractivity contribution in [3.8, 4) is 5.75 Å². The second-order valence-corrected chi connectivity index (χ2v) is 7.92. The first-order chi connectivity index (χ1) is 13.6. The van der Waals surface area contributed by atoms with E-state index >= 15 is 0 Å². The fourth-order valence-electron chi connectivity index (χ4n) is 4.32. The van der Waals surface area contributed by atoms with E-state index in [2.05, 4.69) is 27.4 Å². The molecule has 1 spiro atoms. The van der Waals surface area contributed by atoms with Crippen molar-refractivity contribution < 1.29 is 14.3 Å². The number of nitrogens with one attached hydrogen (secondary N) is 1. The monoisotopic (exact) mass is 378 g/mol. The summed E-state index contributed by atoms with van der Waals surface area (Å²) in [4.78, 5) is 34.9. The molecule has 0 radical (unpaired) electrons. The van der Waals surface area contributed by atoms with E-state index in [-0.39, 0.29) is 17.9 Å². The van der Waals surface area contributed by atoms with Gasteiger partial charge in [-0.25, -0.2) is 14.8 Å². The Kier molecular flexibility index (Phi) is 4.03. The zero-order valence-electron chi connectivity index (χ0n) is 15.5. The topological polar surface area (TPSA) is 84.4 Å². The van der Waals surface area contributed by atoms with E-state index < -0.39 is 5.60 Å². The Morgan fingerprint density at radius 1 is 1.21 bits per heavy atom. The summed E-state index contributed by atoms with van der Waals surface area (Å²) < 4.78 is 6.12. The summed E-state index contributed by atoms with van der Waals surface area (Å²) in [5.41, 5.74) is 1.10. The number of amides is 2. The Labute approximate surface area is 163 Å². The minimum atomic E-state index is -0.544. The van der Waals surface area contributed by atoms with Crippen LogP contribution in [0.15, 0.2) is 42.9 Å². The van der Waals surface area contributed by atoms with Gasteiger partial charge in [-0.15, -0.1) is 0 Å². The Morgan fingerprint density at radius 3 is 2.79 bits per heavy atom. The van der Waals surface area contributed by atoms with Gasteiger partial charge in [0.15, 0.2) is 17.2 Å². The first kappa shape index (κ1) is 17.2. The van der Waals surface area contributed by atoms with Gasteiger partial charge in [0.2, 0.25) is 0 Å². The quantitative estimate of drug-likeness (QED) is 0.868. The number of likely N-dealkylation sites (tertiary alicyclic amines) is 1. The van der Waals surface area contributed by atoms with Crippen molar-refractivity contribution >= 4 is 11.8 Å². The maximum absolute atomic E-state index is 12.6. The third kappa shape index (κ3) is 3.10. The van der Waals surface area contributed by atoms with E-state index in [0.717, 1.165) is 6.42 Å². The number of rotatable bonds is 2. The van der Waals surface area contributed by atoms with Gasteiger partial charge in [-0.1, -0.05) is 30.3 Å². The zero-order valence-corrected chi connectivity index (χ0v) is 15.5. The Morgan fingerprint density at radius 2 is 2.00 bits per heavy atom. The number of carbonyl (C=O) groups excluding carboxylic acids is 2. The molecule has 1 aliphatic carbocycles. The molecule has 144 valence electrons. The highest BCUT2D eigenvalue weighted by Gasteiger charge is 2.45. The first-order valence-electron chi connectivity index (χ1n) is 9.76. The van der Waals surface area contributed by atoms with Crippen LogP contribution in [-0.2, 0) is 0 Å². The second-order valence-electron chi connectivity index (χ2n) is 7.92. The molecule has 5 rings (SSSR count). The molecule has 2 atom stereocenters. The lowest BCUT2D eigenvalue weighted by atomic mass is 9.84. The Hall–Kier alpha value is -2.96. The molecule has 0 unspecified atom stereocenters. The fraction of sp³-hybridized carbons (Fsp3) is 0.429. The normalized spacial score (nSPS) is 25.0. The van der Waals surface area contributed by atoms with Crippen molar-refractivity contribution in [1.82, 2.24) is 20.2 Å². The van der Waals surface area contributed by atoms with Crippen molar-refractivity contribution in [2.45, 2.75) is 43.2 Å². The summed E-state index contributed by atoms with van der Waals surface area (Å²) in [6.45, 7) is 1.15. The summed E-state index contributed by atoms with van der Waals surface area (Å²) in [5, 5.41) is 3.15. The van der Waals surface area contributed by atoms with Crippen molar-refractivity contribution in [2.24, 2.45) is 0 Å². The SMILES string of the molecule is O=C1CC2(CCN(C(=O)N[C@@H]3C[C@H]3c3ccccc3)CC2)Oc2cncnc21. The van der Waals surface area contributed by atoms with E-state index in [9.17, 15) is 9.59 Å². The largest absolute Gasteiger partial charge is 0.483 e. The fourth-order valence-corrected chi connectivity index (χ4v) is 4.32. The van der Waals surface area contributed by atoms with Crippen molar-refractivity contribution in [3.63, 3.8) is 0 Å². The van der Waals surface area contributed by atoms with Crippen LogP contribution < -0.4 is 10.1 Å². The predicted molar refractivity (Wildman–Crippen MR) is 101 cm³/mol. The average molecular weight is 378 g/mol. The van der Waals surface area contributed by atoms with E-state index in [1.54, 1.807) is 6.20 Å². The molecule has 0 bridgehead atoms. The van der Waals surface area contributed by atoms with Crippen LogP contribution in [0.25, 0.3) is 0 Å². The number of fused-ring (bicyclic) bond motifs is 1. The number of piperidine rings is 1. The highest BCUT2D eigenvalue weighted by atomic mass is 16.5. The van der Waals surface area contributed by atoms with Crippen LogP contribution in [0, 0.1) is 0 Å². The van der Waals surface area contributed by atoms with Gasteiger partial charge in [0.1, 0.15) is 11.9 Å². The van der Waals surface area contributed by atoms with E-state index in [1.165, 1.54) is 11.9 Å². The van der Waals surface area contributed by atoms with Gasteiger partial charge in [0.25, 0.3) is 0 Å². The number of Topliss-reactive ketones (excluding diaryl/α,β-unsaturated/α-hetero) is 1. The van der Waals surface area contributed by atoms with Gasteiger partial charge in [0, 0.05) is 37.9 Å². The standard InChI is InChI=1S/C21H22N4O3/c26-17-11-21(28-18-12-22-13-23-19(17)18)6-8-25(9-7-21)20(27)24-16-10-15(16)14-4-2-1-3-5-14/h1-5,12-13,15-16H,6-11H2,(H,24,27)/t15-,16+/m0/s1. The Balaban J connectivity index is 1.18. The van der Waals surface area contributed by atoms with Crippen LogP contribution in [0.1, 0.15) is 47.7 Å². The number of nitrogens with zero attached hydrogens (tertiary/aromatic N) is 3. The molecule has 2 aliphatic heterocycles. The summed E-state index contributed by atoms with van der Waals surface area (Å²) in [7, 11) is 0. The Bertz CT molecular complexity index is 909. The van der Waals surface area contributed by atoms with E-state index in [1.807, 2.05) is 23.1 Å². The molecule has 3 heterocycles. The molecule has 7 heteroatoms. The summed E-state index contributed by atoms with van der Waals surface area (Å²) >= 11 is 0. The number of carbonyl (C=O) groups is 2. The first-order valence-corrected chi connectivity index (χ1v) is 9.76. The van der Waals surface area contributed by atoms with Crippen LogP contribution in [-0.4, -0.2) is 51.4 Å². The number of hydrogen-bond donors (Lipinski definition) is 1. The van der Waals surface area contributed by atoms with Crippen LogP contribution in [0.4, 0.5) is 4.79 Å². The van der Waals surface area contributed by atoms with Crippen LogP contribution in [0.2, 0.25) is 0 Å². The number of aromatic nitrogens is 2. The van der Waals surface area contributed by atoms with Gasteiger partial charge >= 0.3 is 6.03 Å². The van der Waals surface area contributed by atoms with E-state index in [0.29, 0.717) is 49.7 Å². The molecule has 1 saturated carbocycles. The van der Waals surface area contributed by atoms with Gasteiger partial charge in [-0.2, -0.15) is 0 Å². The number of ketones is 1. The lowest BCUT2D eigenvalue weighted by Gasteiger charge is -2.43. The molecular weight excluding hydrogens is 356 g/mol. The number of benzene rings is 1. The minimum Gasteiger partial charge on any atom is -0.483 e. The van der Waals surface area contributed by atoms with Gasteiger partial charge in [-0.3, -0.25) is 4.79 Å². The number of hydrogen-bond acceptors (Lipinski definition) is 5. The molecule has 2 fully saturated rings. The third-order valence-corrected chi connectivity index (χ3v) is 6.04. The molecule has 1 aromatic carbocycles. The molecule has 2 amide bonds. The van der Waals surface area contributed by atoms with Crippen LogP contribution in [0.5, 0.6) is 5.75 Å². The maximum Gasteiger partial charge on any atom is 0.317 e. The molecule has 1 aromatic heterocycles. The third-order valence-electron chi connectivity index (χ3n) is 6.04. The lowest BCUT2D eigenvalue weighted by Crippen LogP contribution is -2.54. The number of urea groups is 1. The van der Waals surface area contributed by atoms with Crippen LogP contribution in [0.3, 0.4) is 0 Å². The maximum atomic E-state index is 12.6. The van der Waals surface area contributed by atoms with Gasteiger partial charge in [-0.05, 0) is 12.0 Å². The summed E-state index contributed by atoms with van der Waals surface area (Å²) in [6.07, 6.45) is 5.48. The molecule has 1 N–H and O–H groups in total. The molecular formula is C21H22N4O3. The van der Waals surface area contributed by atoms with Crippen molar-refractivity contribution in [1.29, 1.82) is 0 Å². The molecule has 1 saturated heterocycles.